The molecule has 1 saturated heterocycles. The van der Waals surface area contributed by atoms with Crippen LogP contribution in [0.3, 0.4) is 0 Å². The number of piperidine rings is 1. The van der Waals surface area contributed by atoms with E-state index >= 15 is 0 Å². The predicted molar refractivity (Wildman–Crippen MR) is 78.1 cm³/mol. The van der Waals surface area contributed by atoms with E-state index in [4.69, 9.17) is 0 Å². The first kappa shape index (κ1) is 17.7. The Bertz CT molecular complexity index is 454. The van der Waals surface area contributed by atoms with Crippen LogP contribution in [0.25, 0.3) is 0 Å². The Labute approximate surface area is 128 Å². The minimum absolute atomic E-state index is 0. The molecule has 0 aromatic heterocycles. The second kappa shape index (κ2) is 8.79. The summed E-state index contributed by atoms with van der Waals surface area (Å²) in [4.78, 5) is 11.9. The molecule has 1 atom stereocenters. The molecule has 0 bridgehead atoms. The SMILES string of the molecule is Cl.O=C(Cc1ccccc1OC(F)F)N[C@H]1CCCNC1. The van der Waals surface area contributed by atoms with E-state index in [-0.39, 0.29) is 36.5 Å². The monoisotopic (exact) mass is 320 g/mol. The number of carbonyl (C=O) groups excluding carboxylic acids is 1. The normalized spacial score (nSPS) is 18.0. The molecule has 2 rings (SSSR count). The number of amides is 1. The summed E-state index contributed by atoms with van der Waals surface area (Å²) in [5, 5.41) is 6.11. The number of halogens is 3. The molecule has 1 aromatic rings. The highest BCUT2D eigenvalue weighted by atomic mass is 35.5. The van der Waals surface area contributed by atoms with Crippen LogP contribution in [0.1, 0.15) is 18.4 Å². The van der Waals surface area contributed by atoms with Gasteiger partial charge in [-0.3, -0.25) is 4.79 Å². The highest BCUT2D eigenvalue weighted by Crippen LogP contribution is 2.20. The molecule has 1 aromatic carbocycles. The number of hydrogen-bond donors (Lipinski definition) is 2. The maximum atomic E-state index is 12.3. The Morgan fingerprint density at radius 3 is 2.86 bits per heavy atom. The number of hydrogen-bond acceptors (Lipinski definition) is 3. The van der Waals surface area contributed by atoms with Crippen LogP contribution in [0.5, 0.6) is 5.75 Å². The number of ether oxygens (including phenoxy) is 1. The third kappa shape index (κ3) is 5.85. The van der Waals surface area contributed by atoms with Crippen LogP contribution in [-0.4, -0.2) is 31.7 Å². The van der Waals surface area contributed by atoms with Crippen molar-refractivity contribution >= 4 is 18.3 Å². The third-order valence-electron chi connectivity index (χ3n) is 3.20. The average molecular weight is 321 g/mol. The molecule has 7 heteroatoms. The Kier molecular flexibility index (Phi) is 7.39. The van der Waals surface area contributed by atoms with E-state index in [2.05, 4.69) is 15.4 Å². The fourth-order valence-electron chi connectivity index (χ4n) is 2.29. The second-order valence-electron chi connectivity index (χ2n) is 4.77. The molecule has 1 fully saturated rings. The third-order valence-corrected chi connectivity index (χ3v) is 3.20. The Hall–Kier alpha value is -1.40. The molecule has 0 unspecified atom stereocenters. The molecule has 2 N–H and O–H groups in total. The summed E-state index contributed by atoms with van der Waals surface area (Å²) in [6.07, 6.45) is 2.00. The van der Waals surface area contributed by atoms with Crippen LogP contribution in [0.2, 0.25) is 0 Å². The second-order valence-corrected chi connectivity index (χ2v) is 4.77. The summed E-state index contributed by atoms with van der Waals surface area (Å²) >= 11 is 0. The zero-order chi connectivity index (χ0) is 14.4. The zero-order valence-electron chi connectivity index (χ0n) is 11.5. The molecule has 1 aliphatic rings. The lowest BCUT2D eigenvalue weighted by Gasteiger charge is -2.24. The Morgan fingerprint density at radius 2 is 2.19 bits per heavy atom. The first-order valence-electron chi connectivity index (χ1n) is 6.68. The fourth-order valence-corrected chi connectivity index (χ4v) is 2.29. The van der Waals surface area contributed by atoms with Crippen LogP contribution < -0.4 is 15.4 Å². The highest BCUT2D eigenvalue weighted by Gasteiger charge is 2.17. The topological polar surface area (TPSA) is 50.4 Å². The lowest BCUT2D eigenvalue weighted by molar-refractivity contribution is -0.121. The van der Waals surface area contributed by atoms with Crippen molar-refractivity contribution in [2.75, 3.05) is 13.1 Å². The van der Waals surface area contributed by atoms with Gasteiger partial charge in [-0.15, -0.1) is 12.4 Å². The van der Waals surface area contributed by atoms with Gasteiger partial charge < -0.3 is 15.4 Å². The maximum absolute atomic E-state index is 12.3. The molecule has 4 nitrogen and oxygen atoms in total. The van der Waals surface area contributed by atoms with E-state index in [0.717, 1.165) is 25.9 Å². The number of para-hydroxylation sites is 1. The molecule has 1 amide bonds. The van der Waals surface area contributed by atoms with Gasteiger partial charge in [0.15, 0.2) is 0 Å². The molecule has 0 radical (unpaired) electrons. The summed E-state index contributed by atoms with van der Waals surface area (Å²) in [6, 6.07) is 6.47. The summed E-state index contributed by atoms with van der Waals surface area (Å²) in [7, 11) is 0. The molecular formula is C14H19ClF2N2O2. The van der Waals surface area contributed by atoms with Crippen LogP contribution >= 0.6 is 12.4 Å². The van der Waals surface area contributed by atoms with Crippen molar-refractivity contribution in [2.24, 2.45) is 0 Å². The van der Waals surface area contributed by atoms with Crippen molar-refractivity contribution in [3.05, 3.63) is 29.8 Å². The Balaban J connectivity index is 0.00000220. The molecule has 0 spiro atoms. The fraction of sp³-hybridized carbons (Fsp3) is 0.500. The maximum Gasteiger partial charge on any atom is 0.387 e. The van der Waals surface area contributed by atoms with Gasteiger partial charge in [-0.25, -0.2) is 0 Å². The molecular weight excluding hydrogens is 302 g/mol. The first-order valence-corrected chi connectivity index (χ1v) is 6.68. The van der Waals surface area contributed by atoms with Crippen molar-refractivity contribution in [3.8, 4) is 5.75 Å². The largest absolute Gasteiger partial charge is 0.435 e. The van der Waals surface area contributed by atoms with E-state index in [1.165, 1.54) is 6.07 Å². The zero-order valence-corrected chi connectivity index (χ0v) is 12.3. The van der Waals surface area contributed by atoms with Crippen LogP contribution in [0.4, 0.5) is 8.78 Å². The van der Waals surface area contributed by atoms with Crippen LogP contribution in [0, 0.1) is 0 Å². The lowest BCUT2D eigenvalue weighted by atomic mass is 10.1. The predicted octanol–water partition coefficient (Wildman–Crippen LogP) is 2.12. The summed E-state index contributed by atoms with van der Waals surface area (Å²) in [5.41, 5.74) is 0.467. The van der Waals surface area contributed by atoms with Gasteiger partial charge in [0.05, 0.1) is 6.42 Å². The summed E-state index contributed by atoms with van der Waals surface area (Å²) in [5.74, 6) is -0.122. The molecule has 0 saturated carbocycles. The van der Waals surface area contributed by atoms with Crippen LogP contribution in [0.15, 0.2) is 24.3 Å². The number of benzene rings is 1. The van der Waals surface area contributed by atoms with Crippen molar-refractivity contribution in [1.82, 2.24) is 10.6 Å². The van der Waals surface area contributed by atoms with E-state index in [0.29, 0.717) is 5.56 Å². The number of nitrogens with one attached hydrogen (secondary N) is 2. The van der Waals surface area contributed by atoms with E-state index in [1.54, 1.807) is 18.2 Å². The van der Waals surface area contributed by atoms with Crippen molar-refractivity contribution < 1.29 is 18.3 Å². The van der Waals surface area contributed by atoms with Crippen molar-refractivity contribution in [1.29, 1.82) is 0 Å². The van der Waals surface area contributed by atoms with Crippen molar-refractivity contribution in [3.63, 3.8) is 0 Å². The van der Waals surface area contributed by atoms with Gasteiger partial charge in [-0.2, -0.15) is 8.78 Å². The van der Waals surface area contributed by atoms with Gasteiger partial charge in [-0.1, -0.05) is 18.2 Å². The smallest absolute Gasteiger partial charge is 0.387 e. The highest BCUT2D eigenvalue weighted by molar-refractivity contribution is 5.85. The van der Waals surface area contributed by atoms with E-state index in [1.807, 2.05) is 0 Å². The summed E-state index contributed by atoms with van der Waals surface area (Å²) < 4.78 is 29.0. The standard InChI is InChI=1S/C14H18F2N2O2.ClH/c15-14(16)20-12-6-2-1-4-10(12)8-13(19)18-11-5-3-7-17-9-11;/h1-2,4,6,11,14,17H,3,5,7-9H2,(H,18,19);1H/t11-;/m0./s1. The van der Waals surface area contributed by atoms with E-state index in [9.17, 15) is 13.6 Å². The van der Waals surface area contributed by atoms with Crippen molar-refractivity contribution in [2.45, 2.75) is 31.9 Å². The number of rotatable bonds is 5. The first-order chi connectivity index (χ1) is 9.65. The molecule has 0 aliphatic carbocycles. The summed E-state index contributed by atoms with van der Waals surface area (Å²) in [6.45, 7) is -1.17. The average Bonchev–Trinajstić information content (AvgIpc) is 2.41. The Morgan fingerprint density at radius 1 is 1.43 bits per heavy atom. The van der Waals surface area contributed by atoms with Gasteiger partial charge in [0.1, 0.15) is 5.75 Å². The van der Waals surface area contributed by atoms with Gasteiger partial charge in [0.2, 0.25) is 5.91 Å². The molecule has 21 heavy (non-hydrogen) atoms. The van der Waals surface area contributed by atoms with Crippen LogP contribution in [-0.2, 0) is 11.2 Å². The minimum Gasteiger partial charge on any atom is -0.435 e. The number of carbonyl (C=O) groups is 1. The van der Waals surface area contributed by atoms with Gasteiger partial charge in [0.25, 0.3) is 0 Å². The minimum atomic E-state index is -2.89. The van der Waals surface area contributed by atoms with E-state index < -0.39 is 6.61 Å². The molecule has 1 heterocycles. The lowest BCUT2D eigenvalue weighted by Crippen LogP contribution is -2.46. The van der Waals surface area contributed by atoms with Gasteiger partial charge in [0, 0.05) is 18.2 Å². The molecule has 118 valence electrons. The number of alkyl halides is 2. The van der Waals surface area contributed by atoms with Gasteiger partial charge >= 0.3 is 6.61 Å². The van der Waals surface area contributed by atoms with Gasteiger partial charge in [-0.05, 0) is 25.5 Å². The molecule has 1 aliphatic heterocycles. The quantitative estimate of drug-likeness (QED) is 0.874.